The average Bonchev–Trinajstić information content (AvgIpc) is 3.42. The minimum atomic E-state index is -0.929. The number of rotatable bonds is 16. The maximum absolute atomic E-state index is 13.2. The van der Waals surface area contributed by atoms with Gasteiger partial charge in [-0.2, -0.15) is 0 Å². The minimum Gasteiger partial charge on any atom is -0.496 e. The summed E-state index contributed by atoms with van der Waals surface area (Å²) in [6, 6.07) is 28.1. The number of aromatic nitrogens is 2. The summed E-state index contributed by atoms with van der Waals surface area (Å²) in [5.74, 6) is 0.224. The van der Waals surface area contributed by atoms with Gasteiger partial charge < -0.3 is 23.9 Å². The Morgan fingerprint density at radius 2 is 1.76 bits per heavy atom. The minimum absolute atomic E-state index is 0.0746. The fourth-order valence-electron chi connectivity index (χ4n) is 5.22. The maximum Gasteiger partial charge on any atom is 0.308 e. The molecule has 5 rings (SSSR count). The summed E-state index contributed by atoms with van der Waals surface area (Å²) in [5.41, 5.74) is 3.77. The van der Waals surface area contributed by atoms with Crippen molar-refractivity contribution in [1.29, 1.82) is 0 Å². The van der Waals surface area contributed by atoms with Crippen molar-refractivity contribution >= 4 is 50.3 Å². The van der Waals surface area contributed by atoms with Gasteiger partial charge in [-0.05, 0) is 66.9 Å². The lowest BCUT2D eigenvalue weighted by molar-refractivity contribution is -0.144. The first kappa shape index (κ1) is 33.2. The number of ketones is 1. The van der Waals surface area contributed by atoms with Crippen LogP contribution in [0.25, 0.3) is 22.4 Å². The molecule has 0 aliphatic carbocycles. The molecule has 1 aromatic heterocycles. The Hall–Kier alpha value is -4.18. The number of imidazole rings is 1. The number of para-hydroxylation sites is 1. The Bertz CT molecular complexity index is 1810. The molecule has 1 N–H and O–H groups in total. The van der Waals surface area contributed by atoms with Crippen molar-refractivity contribution < 1.29 is 28.9 Å². The number of carboxylic acid groups (broad SMARTS) is 1. The van der Waals surface area contributed by atoms with E-state index in [-0.39, 0.29) is 18.8 Å². The molecule has 0 aliphatic rings. The quantitative estimate of drug-likeness (QED) is 0.103. The number of hydrogen-bond donors (Lipinski definition) is 1. The SMILES string of the molecule is COc1ccc(Br)cc1-c1nc2cc(C(=O)CCC[C@@H](COCc3ccccc3)C(=O)O)ccc2n1CCOc1ccccc1Cl. The van der Waals surface area contributed by atoms with Gasteiger partial charge in [-0.15, -0.1) is 0 Å². The van der Waals surface area contributed by atoms with E-state index < -0.39 is 11.9 Å². The van der Waals surface area contributed by atoms with Crippen LogP contribution in [-0.2, 0) is 22.7 Å². The third-order valence-electron chi connectivity index (χ3n) is 7.62. The third-order valence-corrected chi connectivity index (χ3v) is 8.42. The van der Waals surface area contributed by atoms with Crippen LogP contribution >= 0.6 is 27.5 Å². The van der Waals surface area contributed by atoms with E-state index in [1.165, 1.54) is 0 Å². The lowest BCUT2D eigenvalue weighted by atomic mass is 9.99. The van der Waals surface area contributed by atoms with Gasteiger partial charge in [-0.1, -0.05) is 70.0 Å². The lowest BCUT2D eigenvalue weighted by Crippen LogP contribution is -2.20. The van der Waals surface area contributed by atoms with Crippen LogP contribution in [-0.4, -0.2) is 46.7 Å². The second-order valence-electron chi connectivity index (χ2n) is 10.8. The summed E-state index contributed by atoms with van der Waals surface area (Å²) in [4.78, 5) is 30.0. The molecule has 46 heavy (non-hydrogen) atoms. The van der Waals surface area contributed by atoms with Crippen molar-refractivity contribution in [3.8, 4) is 22.9 Å². The zero-order valence-corrected chi connectivity index (χ0v) is 27.7. The van der Waals surface area contributed by atoms with Crippen molar-refractivity contribution in [2.45, 2.75) is 32.4 Å². The Labute approximate surface area is 281 Å². The van der Waals surface area contributed by atoms with E-state index in [9.17, 15) is 14.7 Å². The number of hydrogen-bond acceptors (Lipinski definition) is 6. The van der Waals surface area contributed by atoms with Gasteiger partial charge in [0.15, 0.2) is 5.78 Å². The number of aliphatic carboxylic acids is 1. The van der Waals surface area contributed by atoms with Gasteiger partial charge in [0.2, 0.25) is 0 Å². The fraction of sp³-hybridized carbons (Fsp3) is 0.250. The Morgan fingerprint density at radius 3 is 2.52 bits per heavy atom. The molecule has 0 bridgehead atoms. The molecule has 0 aliphatic heterocycles. The number of nitrogens with zero attached hydrogens (tertiary/aromatic N) is 2. The molecule has 0 radical (unpaired) electrons. The zero-order valence-electron chi connectivity index (χ0n) is 25.3. The summed E-state index contributed by atoms with van der Waals surface area (Å²) in [5, 5.41) is 10.2. The van der Waals surface area contributed by atoms with Crippen LogP contribution in [0.4, 0.5) is 0 Å². The van der Waals surface area contributed by atoms with Crippen molar-refractivity contribution in [1.82, 2.24) is 9.55 Å². The number of benzene rings is 4. The Balaban J connectivity index is 1.30. The van der Waals surface area contributed by atoms with E-state index in [1.807, 2.05) is 77.4 Å². The molecule has 0 fully saturated rings. The number of carbonyl (C=O) groups excluding carboxylic acids is 1. The number of carboxylic acids is 1. The molecule has 10 heteroatoms. The van der Waals surface area contributed by atoms with E-state index in [4.69, 9.17) is 30.8 Å². The van der Waals surface area contributed by atoms with E-state index in [1.54, 1.807) is 25.3 Å². The largest absolute Gasteiger partial charge is 0.496 e. The van der Waals surface area contributed by atoms with Crippen molar-refractivity contribution in [3.05, 3.63) is 112 Å². The van der Waals surface area contributed by atoms with Gasteiger partial charge in [0.05, 0.1) is 54.4 Å². The zero-order chi connectivity index (χ0) is 32.5. The molecule has 238 valence electrons. The lowest BCUT2D eigenvalue weighted by Gasteiger charge is -2.14. The van der Waals surface area contributed by atoms with Gasteiger partial charge >= 0.3 is 5.97 Å². The van der Waals surface area contributed by atoms with E-state index in [0.29, 0.717) is 66.0 Å². The molecule has 0 unspecified atom stereocenters. The molecule has 5 aromatic rings. The predicted octanol–water partition coefficient (Wildman–Crippen LogP) is 8.48. The van der Waals surface area contributed by atoms with E-state index in [2.05, 4.69) is 15.9 Å². The van der Waals surface area contributed by atoms with E-state index >= 15 is 0 Å². The highest BCUT2D eigenvalue weighted by Crippen LogP contribution is 2.35. The molecule has 1 heterocycles. The maximum atomic E-state index is 13.2. The van der Waals surface area contributed by atoms with Gasteiger partial charge in [0.25, 0.3) is 0 Å². The molecule has 4 aromatic carbocycles. The van der Waals surface area contributed by atoms with Gasteiger partial charge in [-0.25, -0.2) is 4.98 Å². The van der Waals surface area contributed by atoms with Crippen LogP contribution in [0, 0.1) is 5.92 Å². The van der Waals surface area contributed by atoms with E-state index in [0.717, 1.165) is 21.1 Å². The summed E-state index contributed by atoms with van der Waals surface area (Å²) in [6.07, 6.45) is 0.981. The standard InChI is InChI=1S/C36H34BrClN2O6/c1-44-33-17-15-27(37)21-28(33)35-39-30-20-25(14-16-31(30)40(35)18-19-46-34-13-6-5-11-29(34)38)32(41)12-7-10-26(36(42)43)23-45-22-24-8-3-2-4-9-24/h2-6,8-9,11,13-17,20-21,26H,7,10,12,18-19,22-23H2,1H3,(H,42,43)/t26-/m0/s1. The van der Waals surface area contributed by atoms with Crippen LogP contribution in [0.5, 0.6) is 11.5 Å². The molecular formula is C36H34BrClN2O6. The molecule has 0 spiro atoms. The van der Waals surface area contributed by atoms with Crippen LogP contribution in [0.15, 0.2) is 95.5 Å². The fourth-order valence-corrected chi connectivity index (χ4v) is 5.77. The van der Waals surface area contributed by atoms with Crippen LogP contribution in [0.1, 0.15) is 35.2 Å². The first-order chi connectivity index (χ1) is 22.3. The molecular weight excluding hydrogens is 672 g/mol. The highest BCUT2D eigenvalue weighted by Gasteiger charge is 2.21. The molecule has 8 nitrogen and oxygen atoms in total. The summed E-state index contributed by atoms with van der Waals surface area (Å²) in [7, 11) is 1.61. The average molecular weight is 706 g/mol. The van der Waals surface area contributed by atoms with Gasteiger partial charge in [-0.3, -0.25) is 9.59 Å². The number of ether oxygens (including phenoxy) is 3. The van der Waals surface area contributed by atoms with Gasteiger partial charge in [0, 0.05) is 16.5 Å². The van der Waals surface area contributed by atoms with Crippen LogP contribution < -0.4 is 9.47 Å². The predicted molar refractivity (Wildman–Crippen MR) is 182 cm³/mol. The normalized spacial score (nSPS) is 11.8. The first-order valence-corrected chi connectivity index (χ1v) is 16.1. The number of carbonyl (C=O) groups is 2. The highest BCUT2D eigenvalue weighted by molar-refractivity contribution is 9.10. The Morgan fingerprint density at radius 1 is 0.978 bits per heavy atom. The summed E-state index contributed by atoms with van der Waals surface area (Å²) in [6.45, 7) is 1.22. The first-order valence-electron chi connectivity index (χ1n) is 14.9. The molecule has 1 atom stereocenters. The highest BCUT2D eigenvalue weighted by atomic mass is 79.9. The second kappa shape index (κ2) is 15.9. The summed E-state index contributed by atoms with van der Waals surface area (Å²) >= 11 is 9.85. The molecule has 0 saturated heterocycles. The molecule has 0 amide bonds. The number of methoxy groups -OCH3 is 1. The second-order valence-corrected chi connectivity index (χ2v) is 12.1. The number of halogens is 2. The third kappa shape index (κ3) is 8.34. The molecule has 0 saturated carbocycles. The van der Waals surface area contributed by atoms with Crippen molar-refractivity contribution in [3.63, 3.8) is 0 Å². The number of fused-ring (bicyclic) bond motifs is 1. The number of Topliss-reactive ketones (excluding diaryl/α,β-unsaturated/α-hetero) is 1. The smallest absolute Gasteiger partial charge is 0.308 e. The Kier molecular flexibility index (Phi) is 11.5. The van der Waals surface area contributed by atoms with Crippen LogP contribution in [0.2, 0.25) is 5.02 Å². The topological polar surface area (TPSA) is 99.9 Å². The van der Waals surface area contributed by atoms with Crippen molar-refractivity contribution in [2.24, 2.45) is 5.92 Å². The monoisotopic (exact) mass is 704 g/mol. The van der Waals surface area contributed by atoms with Crippen molar-refractivity contribution in [2.75, 3.05) is 20.3 Å². The summed E-state index contributed by atoms with van der Waals surface area (Å²) < 4.78 is 20.2. The van der Waals surface area contributed by atoms with Crippen LogP contribution in [0.3, 0.4) is 0 Å². The van der Waals surface area contributed by atoms with Gasteiger partial charge in [0.1, 0.15) is 23.9 Å².